The van der Waals surface area contributed by atoms with Crippen LogP contribution >= 0.6 is 0 Å². The lowest BCUT2D eigenvalue weighted by molar-refractivity contribution is 0.0452. The summed E-state index contributed by atoms with van der Waals surface area (Å²) in [6.07, 6.45) is 5.35. The smallest absolute Gasteiger partial charge is 0.122 e. The fourth-order valence-corrected chi connectivity index (χ4v) is 2.36. The van der Waals surface area contributed by atoms with Crippen molar-refractivity contribution in [2.45, 2.75) is 44.6 Å². The van der Waals surface area contributed by atoms with E-state index in [0.29, 0.717) is 13.0 Å². The van der Waals surface area contributed by atoms with Gasteiger partial charge in [0.05, 0.1) is 12.2 Å². The van der Waals surface area contributed by atoms with Crippen LogP contribution in [0.2, 0.25) is 0 Å². The van der Waals surface area contributed by atoms with Crippen LogP contribution in [0.3, 0.4) is 0 Å². The van der Waals surface area contributed by atoms with Crippen LogP contribution in [0.4, 0.5) is 0 Å². The van der Waals surface area contributed by atoms with E-state index in [4.69, 9.17) is 10.5 Å². The van der Waals surface area contributed by atoms with Crippen molar-refractivity contribution in [3.63, 3.8) is 0 Å². The normalized spacial score (nSPS) is 17.9. The summed E-state index contributed by atoms with van der Waals surface area (Å²) < 4.78 is 5.83. The lowest BCUT2D eigenvalue weighted by Crippen LogP contribution is -2.35. The number of aliphatic hydroxyl groups is 1. The number of hydrogen-bond donors (Lipinski definition) is 2. The molecule has 18 heavy (non-hydrogen) atoms. The first-order valence-corrected chi connectivity index (χ1v) is 6.78. The zero-order valence-electron chi connectivity index (χ0n) is 11.1. The maximum absolute atomic E-state index is 9.83. The predicted octanol–water partition coefficient (Wildman–Crippen LogP) is 2.04. The Bertz CT molecular complexity index is 401. The van der Waals surface area contributed by atoms with Gasteiger partial charge in [0.25, 0.3) is 0 Å². The van der Waals surface area contributed by atoms with E-state index >= 15 is 0 Å². The molecule has 1 aliphatic carbocycles. The molecule has 0 radical (unpaired) electrons. The Morgan fingerprint density at radius 3 is 2.89 bits per heavy atom. The molecule has 0 bridgehead atoms. The zero-order chi connectivity index (χ0) is 13.0. The van der Waals surface area contributed by atoms with Gasteiger partial charge in [-0.05, 0) is 49.8 Å². The number of fused-ring (bicyclic) bond motifs is 1. The number of ether oxygens (including phenoxy) is 1. The molecule has 1 atom stereocenters. The maximum atomic E-state index is 9.83. The van der Waals surface area contributed by atoms with Gasteiger partial charge in [0, 0.05) is 13.0 Å². The SMILES string of the molecule is CC(O)(CN)CCOc1cccc2c1CCCC2. The maximum Gasteiger partial charge on any atom is 0.122 e. The molecule has 0 spiro atoms. The quantitative estimate of drug-likeness (QED) is 0.839. The van der Waals surface area contributed by atoms with Crippen molar-refractivity contribution in [3.05, 3.63) is 29.3 Å². The molecule has 0 saturated heterocycles. The Labute approximate surface area is 109 Å². The highest BCUT2D eigenvalue weighted by Crippen LogP contribution is 2.29. The summed E-state index contributed by atoms with van der Waals surface area (Å²) in [5, 5.41) is 9.83. The van der Waals surface area contributed by atoms with E-state index in [9.17, 15) is 5.11 Å². The third kappa shape index (κ3) is 3.24. The van der Waals surface area contributed by atoms with E-state index in [1.54, 1.807) is 6.92 Å². The fraction of sp³-hybridized carbons (Fsp3) is 0.600. The van der Waals surface area contributed by atoms with Crippen molar-refractivity contribution < 1.29 is 9.84 Å². The van der Waals surface area contributed by atoms with E-state index < -0.39 is 5.60 Å². The molecule has 0 aliphatic heterocycles. The Balaban J connectivity index is 1.97. The summed E-state index contributed by atoms with van der Waals surface area (Å²) in [4.78, 5) is 0. The Morgan fingerprint density at radius 1 is 1.33 bits per heavy atom. The van der Waals surface area contributed by atoms with Crippen LogP contribution in [0.5, 0.6) is 5.75 Å². The van der Waals surface area contributed by atoms with Crippen molar-refractivity contribution in [2.75, 3.05) is 13.2 Å². The molecule has 0 heterocycles. The molecule has 1 aromatic carbocycles. The van der Waals surface area contributed by atoms with Crippen molar-refractivity contribution in [1.82, 2.24) is 0 Å². The third-order valence-corrected chi connectivity index (χ3v) is 3.69. The Kier molecular flexibility index (Phi) is 4.25. The topological polar surface area (TPSA) is 55.5 Å². The largest absolute Gasteiger partial charge is 0.493 e. The van der Waals surface area contributed by atoms with Gasteiger partial charge >= 0.3 is 0 Å². The van der Waals surface area contributed by atoms with Crippen LogP contribution in [0.15, 0.2) is 18.2 Å². The van der Waals surface area contributed by atoms with Gasteiger partial charge in [-0.1, -0.05) is 12.1 Å². The summed E-state index contributed by atoms with van der Waals surface area (Å²) in [6, 6.07) is 6.28. The molecule has 3 N–H and O–H groups in total. The van der Waals surface area contributed by atoms with Crippen LogP contribution in [0.25, 0.3) is 0 Å². The first-order valence-electron chi connectivity index (χ1n) is 6.78. The number of benzene rings is 1. The predicted molar refractivity (Wildman–Crippen MR) is 72.9 cm³/mol. The van der Waals surface area contributed by atoms with Gasteiger partial charge in [0.2, 0.25) is 0 Å². The van der Waals surface area contributed by atoms with E-state index in [2.05, 4.69) is 12.1 Å². The minimum absolute atomic E-state index is 0.267. The van der Waals surface area contributed by atoms with E-state index in [-0.39, 0.29) is 6.54 Å². The first-order chi connectivity index (χ1) is 8.62. The fourth-order valence-electron chi connectivity index (χ4n) is 2.36. The van der Waals surface area contributed by atoms with Crippen molar-refractivity contribution in [1.29, 1.82) is 0 Å². The highest BCUT2D eigenvalue weighted by molar-refractivity contribution is 5.41. The monoisotopic (exact) mass is 249 g/mol. The third-order valence-electron chi connectivity index (χ3n) is 3.69. The average Bonchev–Trinajstić information content (AvgIpc) is 2.39. The van der Waals surface area contributed by atoms with E-state index in [0.717, 1.165) is 18.6 Å². The highest BCUT2D eigenvalue weighted by atomic mass is 16.5. The standard InChI is InChI=1S/C15H23NO2/c1-15(17,11-16)9-10-18-14-8-4-6-12-5-2-3-7-13(12)14/h4,6,8,17H,2-3,5,7,9-11,16H2,1H3. The van der Waals surface area contributed by atoms with Gasteiger partial charge < -0.3 is 15.6 Å². The lowest BCUT2D eigenvalue weighted by atomic mass is 9.91. The Morgan fingerprint density at radius 2 is 2.11 bits per heavy atom. The van der Waals surface area contributed by atoms with Gasteiger partial charge in [0.15, 0.2) is 0 Å². The van der Waals surface area contributed by atoms with Gasteiger partial charge in [0.1, 0.15) is 5.75 Å². The molecule has 2 rings (SSSR count). The van der Waals surface area contributed by atoms with Gasteiger partial charge in [-0.15, -0.1) is 0 Å². The summed E-state index contributed by atoms with van der Waals surface area (Å²) >= 11 is 0. The molecule has 0 saturated carbocycles. The van der Waals surface area contributed by atoms with Gasteiger partial charge in [-0.25, -0.2) is 0 Å². The molecule has 1 unspecified atom stereocenters. The second-order valence-electron chi connectivity index (χ2n) is 5.40. The highest BCUT2D eigenvalue weighted by Gasteiger charge is 2.19. The number of hydrogen-bond acceptors (Lipinski definition) is 3. The molecule has 0 aromatic heterocycles. The zero-order valence-corrected chi connectivity index (χ0v) is 11.1. The second kappa shape index (κ2) is 5.72. The van der Waals surface area contributed by atoms with Gasteiger partial charge in [-0.2, -0.15) is 0 Å². The molecule has 1 aliphatic rings. The molecular formula is C15H23NO2. The van der Waals surface area contributed by atoms with Gasteiger partial charge in [-0.3, -0.25) is 0 Å². The van der Waals surface area contributed by atoms with Crippen LogP contribution in [0.1, 0.15) is 37.3 Å². The summed E-state index contributed by atoms with van der Waals surface area (Å²) in [6.45, 7) is 2.53. The van der Waals surface area contributed by atoms with Crippen molar-refractivity contribution in [2.24, 2.45) is 5.73 Å². The summed E-state index contributed by atoms with van der Waals surface area (Å²) in [5.74, 6) is 0.986. The molecule has 3 heteroatoms. The Hall–Kier alpha value is -1.06. The number of rotatable bonds is 5. The summed E-state index contributed by atoms with van der Waals surface area (Å²) in [5.41, 5.74) is 7.44. The van der Waals surface area contributed by atoms with Crippen molar-refractivity contribution >= 4 is 0 Å². The number of aryl methyl sites for hydroxylation is 1. The molecule has 3 nitrogen and oxygen atoms in total. The minimum Gasteiger partial charge on any atom is -0.493 e. The second-order valence-corrected chi connectivity index (χ2v) is 5.40. The molecule has 100 valence electrons. The van der Waals surface area contributed by atoms with Crippen LogP contribution in [-0.4, -0.2) is 23.9 Å². The minimum atomic E-state index is -0.825. The summed E-state index contributed by atoms with van der Waals surface area (Å²) in [7, 11) is 0. The molecular weight excluding hydrogens is 226 g/mol. The van der Waals surface area contributed by atoms with Crippen LogP contribution in [-0.2, 0) is 12.8 Å². The van der Waals surface area contributed by atoms with E-state index in [1.165, 1.54) is 24.0 Å². The molecule has 1 aromatic rings. The lowest BCUT2D eigenvalue weighted by Gasteiger charge is -2.23. The first kappa shape index (κ1) is 13.4. The number of nitrogens with two attached hydrogens (primary N) is 1. The van der Waals surface area contributed by atoms with E-state index in [1.807, 2.05) is 6.07 Å². The van der Waals surface area contributed by atoms with Crippen LogP contribution < -0.4 is 10.5 Å². The molecule has 0 fully saturated rings. The average molecular weight is 249 g/mol. The molecule has 0 amide bonds. The van der Waals surface area contributed by atoms with Crippen molar-refractivity contribution in [3.8, 4) is 5.75 Å². The van der Waals surface area contributed by atoms with Crippen LogP contribution in [0, 0.1) is 0 Å².